The summed E-state index contributed by atoms with van der Waals surface area (Å²) in [4.78, 5) is 10.6. The average molecular weight is 488 g/mol. The Hall–Kier alpha value is -4.76. The highest BCUT2D eigenvalue weighted by Crippen LogP contribution is 2.36. The predicted octanol–water partition coefficient (Wildman–Crippen LogP) is 7.15. The number of hydrogen-bond donors (Lipinski definition) is 0. The molecule has 3 nitrogen and oxygen atoms in total. The van der Waals surface area contributed by atoms with Gasteiger partial charge in [0.25, 0.3) is 0 Å². The SMILES string of the molecule is CC1(C)C=c2nc(-n3c4ccccc4c4c5ccccc5ccc43)nc(-c3cccc4ccccc34)c2=C1. The minimum absolute atomic E-state index is 0.0913. The van der Waals surface area contributed by atoms with Gasteiger partial charge < -0.3 is 0 Å². The number of aromatic nitrogens is 3. The van der Waals surface area contributed by atoms with Crippen molar-refractivity contribution in [3.63, 3.8) is 0 Å². The lowest BCUT2D eigenvalue weighted by Gasteiger charge is -2.11. The molecule has 180 valence electrons. The fourth-order valence-corrected chi connectivity index (χ4v) is 6.18. The second-order valence-corrected chi connectivity index (χ2v) is 10.8. The van der Waals surface area contributed by atoms with Gasteiger partial charge in [0, 0.05) is 27.0 Å². The molecule has 38 heavy (non-hydrogen) atoms. The molecule has 5 aromatic carbocycles. The third kappa shape index (κ3) is 3.02. The van der Waals surface area contributed by atoms with Crippen molar-refractivity contribution in [2.75, 3.05) is 0 Å². The van der Waals surface area contributed by atoms with Crippen molar-refractivity contribution in [3.8, 4) is 17.2 Å². The topological polar surface area (TPSA) is 30.7 Å². The highest BCUT2D eigenvalue weighted by Gasteiger charge is 2.23. The van der Waals surface area contributed by atoms with E-state index in [1.807, 2.05) is 0 Å². The van der Waals surface area contributed by atoms with Crippen LogP contribution in [0, 0.1) is 5.41 Å². The maximum atomic E-state index is 5.35. The van der Waals surface area contributed by atoms with Gasteiger partial charge in [-0.15, -0.1) is 0 Å². The second kappa shape index (κ2) is 7.62. The van der Waals surface area contributed by atoms with Crippen LogP contribution in [0.3, 0.4) is 0 Å². The third-order valence-electron chi connectivity index (χ3n) is 7.80. The molecular formula is C35H25N3. The first-order valence-electron chi connectivity index (χ1n) is 13.1. The van der Waals surface area contributed by atoms with Crippen LogP contribution in [-0.4, -0.2) is 14.5 Å². The van der Waals surface area contributed by atoms with Crippen molar-refractivity contribution >= 4 is 55.5 Å². The Morgan fingerprint density at radius 3 is 2.11 bits per heavy atom. The Labute approximate surface area is 220 Å². The fourth-order valence-electron chi connectivity index (χ4n) is 6.18. The van der Waals surface area contributed by atoms with Gasteiger partial charge in [-0.25, -0.2) is 9.97 Å². The molecule has 0 saturated heterocycles. The van der Waals surface area contributed by atoms with Gasteiger partial charge in [0.15, 0.2) is 0 Å². The molecule has 8 rings (SSSR count). The van der Waals surface area contributed by atoms with Crippen LogP contribution in [0.15, 0.2) is 103 Å². The maximum absolute atomic E-state index is 5.35. The molecule has 2 aromatic heterocycles. The molecule has 3 heteroatoms. The van der Waals surface area contributed by atoms with Crippen LogP contribution >= 0.6 is 0 Å². The van der Waals surface area contributed by atoms with Crippen molar-refractivity contribution < 1.29 is 0 Å². The standard InChI is InChI=1S/C35H25N3/c1-35(2)20-28-29(21-35)36-34(37-33(28)26-16-9-12-22-10-3-5-13-24(22)26)38-30-17-8-7-15-27(30)32-25-14-6-4-11-23(25)18-19-31(32)38/h3-21H,1-2H3. The summed E-state index contributed by atoms with van der Waals surface area (Å²) in [6, 6.07) is 36.7. The first kappa shape index (κ1) is 21.3. The van der Waals surface area contributed by atoms with Gasteiger partial charge in [-0.2, -0.15) is 0 Å². The van der Waals surface area contributed by atoms with Crippen LogP contribution in [0.1, 0.15) is 13.8 Å². The van der Waals surface area contributed by atoms with E-state index < -0.39 is 0 Å². The summed E-state index contributed by atoms with van der Waals surface area (Å²) in [5.74, 6) is 0.704. The number of benzene rings is 5. The van der Waals surface area contributed by atoms with Crippen LogP contribution in [0.25, 0.3) is 72.7 Å². The van der Waals surface area contributed by atoms with E-state index in [0.29, 0.717) is 5.95 Å². The number of fused-ring (bicyclic) bond motifs is 7. The van der Waals surface area contributed by atoms with Gasteiger partial charge >= 0.3 is 0 Å². The largest absolute Gasteiger partial charge is 0.278 e. The summed E-state index contributed by atoms with van der Waals surface area (Å²) in [7, 11) is 0. The number of hydrogen-bond acceptors (Lipinski definition) is 2. The molecule has 1 aliphatic rings. The van der Waals surface area contributed by atoms with Gasteiger partial charge in [-0.05, 0) is 39.8 Å². The predicted molar refractivity (Wildman–Crippen MR) is 159 cm³/mol. The lowest BCUT2D eigenvalue weighted by Crippen LogP contribution is -2.30. The molecule has 0 unspecified atom stereocenters. The molecule has 0 fully saturated rings. The highest BCUT2D eigenvalue weighted by molar-refractivity contribution is 6.21. The highest BCUT2D eigenvalue weighted by atomic mass is 15.2. The van der Waals surface area contributed by atoms with E-state index in [4.69, 9.17) is 9.97 Å². The summed E-state index contributed by atoms with van der Waals surface area (Å²) in [5, 5.41) is 9.46. The summed E-state index contributed by atoms with van der Waals surface area (Å²) in [5.41, 5.74) is 4.26. The van der Waals surface area contributed by atoms with Crippen LogP contribution in [0.5, 0.6) is 0 Å². The van der Waals surface area contributed by atoms with E-state index in [1.165, 1.54) is 32.3 Å². The summed E-state index contributed by atoms with van der Waals surface area (Å²) < 4.78 is 2.24. The molecular weight excluding hydrogens is 462 g/mol. The van der Waals surface area contributed by atoms with Gasteiger partial charge in [0.1, 0.15) is 0 Å². The minimum Gasteiger partial charge on any atom is -0.278 e. The van der Waals surface area contributed by atoms with Crippen LogP contribution < -0.4 is 10.6 Å². The fraction of sp³-hybridized carbons (Fsp3) is 0.0857. The Bertz CT molecular complexity index is 2210. The van der Waals surface area contributed by atoms with Crippen molar-refractivity contribution in [3.05, 3.63) is 114 Å². The van der Waals surface area contributed by atoms with E-state index >= 15 is 0 Å². The molecule has 0 amide bonds. The van der Waals surface area contributed by atoms with E-state index in [1.54, 1.807) is 0 Å². The van der Waals surface area contributed by atoms with E-state index in [2.05, 4.69) is 134 Å². The molecule has 0 aliphatic heterocycles. The lowest BCUT2D eigenvalue weighted by atomic mass is 9.95. The Kier molecular flexibility index (Phi) is 4.28. The zero-order chi connectivity index (χ0) is 25.4. The Morgan fingerprint density at radius 1 is 0.579 bits per heavy atom. The molecule has 0 radical (unpaired) electrons. The van der Waals surface area contributed by atoms with Crippen LogP contribution in [0.4, 0.5) is 0 Å². The quantitative estimate of drug-likeness (QED) is 0.259. The average Bonchev–Trinajstić information content (AvgIpc) is 3.45. The summed E-state index contributed by atoms with van der Waals surface area (Å²) in [6.45, 7) is 4.46. The summed E-state index contributed by atoms with van der Waals surface area (Å²) >= 11 is 0. The van der Waals surface area contributed by atoms with Crippen molar-refractivity contribution in [2.45, 2.75) is 13.8 Å². The zero-order valence-corrected chi connectivity index (χ0v) is 21.3. The monoisotopic (exact) mass is 487 g/mol. The molecule has 7 aromatic rings. The Balaban J connectivity index is 1.53. The normalized spacial score (nSPS) is 14.2. The minimum atomic E-state index is -0.0913. The number of rotatable bonds is 2. The first-order valence-corrected chi connectivity index (χ1v) is 13.1. The molecule has 0 atom stereocenters. The molecule has 0 bridgehead atoms. The molecule has 0 saturated carbocycles. The maximum Gasteiger partial charge on any atom is 0.235 e. The first-order chi connectivity index (χ1) is 18.6. The second-order valence-electron chi connectivity index (χ2n) is 10.8. The molecule has 0 N–H and O–H groups in total. The lowest BCUT2D eigenvalue weighted by molar-refractivity contribution is 0.723. The molecule has 0 spiro atoms. The van der Waals surface area contributed by atoms with Crippen molar-refractivity contribution in [1.29, 1.82) is 0 Å². The van der Waals surface area contributed by atoms with Gasteiger partial charge in [0.05, 0.1) is 22.1 Å². The summed E-state index contributed by atoms with van der Waals surface area (Å²) in [6.07, 6.45) is 4.58. The smallest absolute Gasteiger partial charge is 0.235 e. The van der Waals surface area contributed by atoms with Gasteiger partial charge in [-0.1, -0.05) is 111 Å². The zero-order valence-electron chi connectivity index (χ0n) is 21.3. The number of para-hydroxylation sites is 1. The van der Waals surface area contributed by atoms with Gasteiger partial charge in [0.2, 0.25) is 5.95 Å². The number of nitrogens with zero attached hydrogens (tertiary/aromatic N) is 3. The Morgan fingerprint density at radius 2 is 1.26 bits per heavy atom. The van der Waals surface area contributed by atoms with E-state index in [0.717, 1.165) is 32.9 Å². The third-order valence-corrected chi connectivity index (χ3v) is 7.80. The molecule has 2 heterocycles. The van der Waals surface area contributed by atoms with E-state index in [9.17, 15) is 0 Å². The van der Waals surface area contributed by atoms with Gasteiger partial charge in [-0.3, -0.25) is 4.57 Å². The molecule has 1 aliphatic carbocycles. The van der Waals surface area contributed by atoms with Crippen LogP contribution in [0.2, 0.25) is 0 Å². The van der Waals surface area contributed by atoms with Crippen molar-refractivity contribution in [1.82, 2.24) is 14.5 Å². The van der Waals surface area contributed by atoms with Crippen molar-refractivity contribution in [2.24, 2.45) is 5.41 Å². The van der Waals surface area contributed by atoms with E-state index in [-0.39, 0.29) is 5.41 Å². The van der Waals surface area contributed by atoms with Crippen LogP contribution in [-0.2, 0) is 0 Å².